The lowest BCUT2D eigenvalue weighted by Gasteiger charge is -2.38. The van der Waals surface area contributed by atoms with Gasteiger partial charge in [-0.3, -0.25) is 9.59 Å². The fourth-order valence-electron chi connectivity index (χ4n) is 3.28. The van der Waals surface area contributed by atoms with Crippen molar-refractivity contribution < 1.29 is 23.1 Å². The average molecular weight is 422 g/mol. The molecule has 6 nitrogen and oxygen atoms in total. The number of aryl methyl sites for hydroxylation is 1. The highest BCUT2D eigenvalue weighted by Crippen LogP contribution is 2.32. The fourth-order valence-corrected chi connectivity index (χ4v) is 4.77. The van der Waals surface area contributed by atoms with E-state index in [1.54, 1.807) is 45.1 Å². The number of rotatable bonds is 5. The van der Waals surface area contributed by atoms with E-state index in [-0.39, 0.29) is 30.2 Å². The summed E-state index contributed by atoms with van der Waals surface area (Å²) in [6.45, 7) is 8.20. The monoisotopic (exact) mass is 421 g/mol. The highest BCUT2D eigenvalue weighted by atomic mass is 32.2. The Hall–Kier alpha value is -1.83. The number of Topliss-reactive ketones (excluding diaryl/α,β-unsaturated/α-hetero) is 2. The molecule has 1 heterocycles. The molecule has 1 aliphatic heterocycles. The van der Waals surface area contributed by atoms with Crippen LogP contribution in [0.3, 0.4) is 0 Å². The molecule has 0 aliphatic carbocycles. The predicted octanol–water partition coefficient (Wildman–Crippen LogP) is 2.89. The highest BCUT2D eigenvalue weighted by Gasteiger charge is 2.46. The van der Waals surface area contributed by atoms with Gasteiger partial charge in [0.15, 0.2) is 5.78 Å². The minimum Gasteiger partial charge on any atom is -0.380 e. The van der Waals surface area contributed by atoms with Crippen molar-refractivity contribution in [2.75, 3.05) is 13.1 Å². The van der Waals surface area contributed by atoms with Crippen molar-refractivity contribution in [2.24, 2.45) is 11.3 Å². The lowest BCUT2D eigenvalue weighted by atomic mass is 9.76. The third-order valence-electron chi connectivity index (χ3n) is 5.45. The second kappa shape index (κ2) is 8.50. The van der Waals surface area contributed by atoms with Gasteiger partial charge in [0, 0.05) is 24.3 Å². The van der Waals surface area contributed by atoms with Crippen LogP contribution < -0.4 is 0 Å². The molecule has 0 saturated carbocycles. The summed E-state index contributed by atoms with van der Waals surface area (Å²) >= 11 is 0. The van der Waals surface area contributed by atoms with Gasteiger partial charge in [-0.1, -0.05) is 50.6 Å². The van der Waals surface area contributed by atoms with Gasteiger partial charge in [-0.15, -0.1) is 0 Å². The number of nitrogens with zero attached hydrogens (tertiary/aromatic N) is 1. The fraction of sp³-hybridized carbons (Fsp3) is 0.545. The van der Waals surface area contributed by atoms with Crippen LogP contribution in [-0.2, 0) is 19.6 Å². The van der Waals surface area contributed by atoms with E-state index in [4.69, 9.17) is 0 Å². The third-order valence-corrected chi connectivity index (χ3v) is 7.31. The normalized spacial score (nSPS) is 25.1. The Bertz CT molecular complexity index is 896. The second-order valence-corrected chi connectivity index (χ2v) is 10.8. The first kappa shape index (κ1) is 23.4. The zero-order chi connectivity index (χ0) is 22.0. The summed E-state index contributed by atoms with van der Waals surface area (Å²) in [7, 11) is -3.90. The Balaban J connectivity index is 2.43. The maximum Gasteiger partial charge on any atom is 0.243 e. The van der Waals surface area contributed by atoms with Crippen molar-refractivity contribution in [1.29, 1.82) is 0 Å². The molecule has 0 unspecified atom stereocenters. The van der Waals surface area contributed by atoms with Gasteiger partial charge in [0.25, 0.3) is 0 Å². The Kier molecular flexibility index (Phi) is 6.87. The number of aliphatic hydroxyl groups is 1. The van der Waals surface area contributed by atoms with Crippen LogP contribution in [0.4, 0.5) is 0 Å². The number of hydrogen-bond acceptors (Lipinski definition) is 5. The molecule has 0 saturated heterocycles. The van der Waals surface area contributed by atoms with E-state index in [1.165, 1.54) is 19.1 Å². The summed E-state index contributed by atoms with van der Waals surface area (Å²) in [4.78, 5) is 25.2. The van der Waals surface area contributed by atoms with Gasteiger partial charge in [0.2, 0.25) is 10.0 Å². The summed E-state index contributed by atoms with van der Waals surface area (Å²) in [6.07, 6.45) is 3.82. The second-order valence-electron chi connectivity index (χ2n) is 8.83. The summed E-state index contributed by atoms with van der Waals surface area (Å²) in [5.74, 6) is -1.44. The number of carbonyl (C=O) groups is 2. The number of β-amino-alcohol motifs (C(OH)–C–C–N with tert-alkyl or cyclic N) is 1. The van der Waals surface area contributed by atoms with Crippen molar-refractivity contribution >= 4 is 21.6 Å². The molecule has 0 aromatic heterocycles. The van der Waals surface area contributed by atoms with Gasteiger partial charge >= 0.3 is 0 Å². The smallest absolute Gasteiger partial charge is 0.243 e. The number of sulfonamides is 1. The van der Waals surface area contributed by atoms with E-state index in [0.717, 1.165) is 9.87 Å². The van der Waals surface area contributed by atoms with E-state index in [9.17, 15) is 23.1 Å². The van der Waals surface area contributed by atoms with Gasteiger partial charge in [0.05, 0.1) is 11.4 Å². The number of benzene rings is 1. The molecule has 160 valence electrons. The predicted molar refractivity (Wildman–Crippen MR) is 112 cm³/mol. The zero-order valence-corrected chi connectivity index (χ0v) is 18.6. The standard InChI is InChI=1S/C22H31NO5S/c1-16-9-11-19(12-10-16)29(27,28)23-13-7-6-8-18(14-20(25)21(3,4)5)22(26,15-23)17(2)24/h6,8-12,18,26H,7,13-15H2,1-5H3/b8-6-/t18-,22+/m1/s1. The molecule has 7 heteroatoms. The highest BCUT2D eigenvalue weighted by molar-refractivity contribution is 7.89. The van der Waals surface area contributed by atoms with Crippen LogP contribution in [0.15, 0.2) is 41.3 Å². The summed E-state index contributed by atoms with van der Waals surface area (Å²) in [5, 5.41) is 11.3. The molecule has 1 N–H and O–H groups in total. The first-order valence-corrected chi connectivity index (χ1v) is 11.2. The minimum absolute atomic E-state index is 0.0332. The average Bonchev–Trinajstić information content (AvgIpc) is 2.60. The van der Waals surface area contributed by atoms with Gasteiger partial charge < -0.3 is 5.11 Å². The van der Waals surface area contributed by atoms with Crippen molar-refractivity contribution in [1.82, 2.24) is 4.31 Å². The van der Waals surface area contributed by atoms with Crippen molar-refractivity contribution in [3.63, 3.8) is 0 Å². The first-order valence-electron chi connectivity index (χ1n) is 9.78. The Morgan fingerprint density at radius 1 is 1.21 bits per heavy atom. The molecule has 1 aromatic carbocycles. The van der Waals surface area contributed by atoms with Crippen LogP contribution in [0.25, 0.3) is 0 Å². The molecule has 1 aliphatic rings. The van der Waals surface area contributed by atoms with Crippen LogP contribution in [-0.4, -0.2) is 48.1 Å². The molecule has 29 heavy (non-hydrogen) atoms. The number of ketones is 2. The molecule has 0 radical (unpaired) electrons. The first-order chi connectivity index (χ1) is 13.3. The summed E-state index contributed by atoms with van der Waals surface area (Å²) in [5.41, 5.74) is -1.67. The quantitative estimate of drug-likeness (QED) is 0.738. The molecule has 0 bridgehead atoms. The molecule has 0 fully saturated rings. The van der Waals surface area contributed by atoms with E-state index in [2.05, 4.69) is 0 Å². The molecular formula is C22H31NO5S. The molecule has 2 rings (SSSR count). The van der Waals surface area contributed by atoms with Gasteiger partial charge in [0.1, 0.15) is 11.4 Å². The van der Waals surface area contributed by atoms with E-state index in [1.807, 2.05) is 6.92 Å². The molecular weight excluding hydrogens is 390 g/mol. The van der Waals surface area contributed by atoms with Crippen LogP contribution in [0.2, 0.25) is 0 Å². The van der Waals surface area contributed by atoms with Crippen LogP contribution in [0.1, 0.15) is 46.1 Å². The number of carbonyl (C=O) groups excluding carboxylic acids is 2. The van der Waals surface area contributed by atoms with Crippen LogP contribution >= 0.6 is 0 Å². The van der Waals surface area contributed by atoms with Gasteiger partial charge in [-0.2, -0.15) is 4.31 Å². The molecule has 0 spiro atoms. The lowest BCUT2D eigenvalue weighted by molar-refractivity contribution is -0.143. The maximum atomic E-state index is 13.2. The summed E-state index contributed by atoms with van der Waals surface area (Å²) < 4.78 is 27.5. The lowest BCUT2D eigenvalue weighted by Crippen LogP contribution is -2.55. The zero-order valence-electron chi connectivity index (χ0n) is 17.8. The summed E-state index contributed by atoms with van der Waals surface area (Å²) in [6, 6.07) is 6.46. The topological polar surface area (TPSA) is 91.8 Å². The van der Waals surface area contributed by atoms with Crippen molar-refractivity contribution in [3.05, 3.63) is 42.0 Å². The van der Waals surface area contributed by atoms with Crippen molar-refractivity contribution in [2.45, 2.75) is 58.0 Å². The van der Waals surface area contributed by atoms with Crippen LogP contribution in [0, 0.1) is 18.3 Å². The Morgan fingerprint density at radius 3 is 2.31 bits per heavy atom. The third kappa shape index (κ3) is 5.21. The molecule has 1 aromatic rings. The maximum absolute atomic E-state index is 13.2. The van der Waals surface area contributed by atoms with E-state index in [0.29, 0.717) is 6.42 Å². The largest absolute Gasteiger partial charge is 0.380 e. The van der Waals surface area contributed by atoms with Crippen molar-refractivity contribution in [3.8, 4) is 0 Å². The van der Waals surface area contributed by atoms with E-state index < -0.39 is 32.7 Å². The van der Waals surface area contributed by atoms with E-state index >= 15 is 0 Å². The molecule has 0 amide bonds. The van der Waals surface area contributed by atoms with Gasteiger partial charge in [-0.05, 0) is 32.4 Å². The van der Waals surface area contributed by atoms with Gasteiger partial charge in [-0.25, -0.2) is 8.42 Å². The SMILES string of the molecule is CC(=O)[C@@]1(O)CN(S(=O)(=O)c2ccc(C)cc2)CC/C=C\[C@@H]1CC(=O)C(C)(C)C. The Labute approximate surface area is 173 Å². The molecule has 2 atom stereocenters. The Morgan fingerprint density at radius 2 is 1.79 bits per heavy atom. The van der Waals surface area contributed by atoms with Crippen LogP contribution in [0.5, 0.6) is 0 Å². The number of hydrogen-bond donors (Lipinski definition) is 1. The minimum atomic E-state index is -3.90.